The van der Waals surface area contributed by atoms with E-state index in [9.17, 15) is 0 Å². The summed E-state index contributed by atoms with van der Waals surface area (Å²) in [5.74, 6) is 0. The highest BCUT2D eigenvalue weighted by Crippen LogP contribution is 2.13. The van der Waals surface area contributed by atoms with Crippen LogP contribution in [0.25, 0.3) is 0 Å². The summed E-state index contributed by atoms with van der Waals surface area (Å²) in [5, 5.41) is 8.44. The summed E-state index contributed by atoms with van der Waals surface area (Å²) in [6, 6.07) is 10.0. The molecule has 0 aliphatic rings. The molecule has 1 aromatic rings. The maximum Gasteiger partial charge on any atom is 0.0732 e. The van der Waals surface area contributed by atoms with Crippen molar-refractivity contribution in [2.24, 2.45) is 4.99 Å². The van der Waals surface area contributed by atoms with E-state index in [2.05, 4.69) is 11.1 Å². The van der Waals surface area contributed by atoms with Crippen LogP contribution in [0.15, 0.2) is 29.3 Å². The molecule has 1 rings (SSSR count). The van der Waals surface area contributed by atoms with Crippen molar-refractivity contribution in [2.75, 3.05) is 0 Å². The molecule has 2 heteroatoms. The van der Waals surface area contributed by atoms with Crippen molar-refractivity contribution in [2.45, 2.75) is 20.3 Å². The van der Waals surface area contributed by atoms with E-state index in [4.69, 9.17) is 5.26 Å². The van der Waals surface area contributed by atoms with Crippen LogP contribution >= 0.6 is 0 Å². The van der Waals surface area contributed by atoms with Crippen LogP contribution in [0.5, 0.6) is 0 Å². The summed E-state index contributed by atoms with van der Waals surface area (Å²) < 4.78 is 0. The smallest absolute Gasteiger partial charge is 0.0732 e. The summed E-state index contributed by atoms with van der Waals surface area (Å²) in [7, 11) is 0. The number of rotatable bonds is 2. The highest BCUT2D eigenvalue weighted by Gasteiger charge is 1.92. The van der Waals surface area contributed by atoms with E-state index in [0.29, 0.717) is 6.42 Å². The maximum atomic E-state index is 8.44. The van der Waals surface area contributed by atoms with Gasteiger partial charge in [-0.15, -0.1) is 0 Å². The molecule has 0 aliphatic heterocycles. The Morgan fingerprint density at radius 3 is 2.92 bits per heavy atom. The van der Waals surface area contributed by atoms with E-state index in [1.54, 1.807) is 0 Å². The van der Waals surface area contributed by atoms with Crippen LogP contribution in [0.3, 0.4) is 0 Å². The summed E-state index contributed by atoms with van der Waals surface area (Å²) in [5.41, 5.74) is 2.96. The Labute approximate surface area is 78.5 Å². The minimum atomic E-state index is 0.397. The lowest BCUT2D eigenvalue weighted by Crippen LogP contribution is -1.86. The fourth-order valence-electron chi connectivity index (χ4n) is 1.07. The number of aryl methyl sites for hydroxylation is 1. The van der Waals surface area contributed by atoms with Crippen molar-refractivity contribution in [1.29, 1.82) is 5.26 Å². The zero-order valence-electron chi connectivity index (χ0n) is 7.91. The van der Waals surface area contributed by atoms with Crippen molar-refractivity contribution in [3.63, 3.8) is 0 Å². The second-order valence-electron chi connectivity index (χ2n) is 3.02. The van der Waals surface area contributed by atoms with Crippen LogP contribution in [0.4, 0.5) is 5.69 Å². The molecule has 0 radical (unpaired) electrons. The Morgan fingerprint density at radius 2 is 2.31 bits per heavy atom. The summed E-state index contributed by atoms with van der Waals surface area (Å²) in [6.45, 7) is 3.89. The summed E-state index contributed by atoms with van der Waals surface area (Å²) in [4.78, 5) is 4.30. The van der Waals surface area contributed by atoms with Gasteiger partial charge < -0.3 is 0 Å². The third kappa shape index (κ3) is 3.08. The van der Waals surface area contributed by atoms with Gasteiger partial charge in [0.25, 0.3) is 0 Å². The van der Waals surface area contributed by atoms with Crippen molar-refractivity contribution >= 4 is 11.4 Å². The molecule has 0 fully saturated rings. The highest BCUT2D eigenvalue weighted by atomic mass is 14.7. The Morgan fingerprint density at radius 1 is 1.54 bits per heavy atom. The second kappa shape index (κ2) is 4.42. The van der Waals surface area contributed by atoms with Gasteiger partial charge >= 0.3 is 0 Å². The number of nitriles is 1. The van der Waals surface area contributed by atoms with E-state index < -0.39 is 0 Å². The Bertz CT molecular complexity index is 359. The minimum absolute atomic E-state index is 0.397. The summed E-state index contributed by atoms with van der Waals surface area (Å²) >= 11 is 0. The minimum Gasteiger partial charge on any atom is -0.257 e. The van der Waals surface area contributed by atoms with Gasteiger partial charge in [0.05, 0.1) is 18.2 Å². The molecule has 0 amide bonds. The third-order valence-electron chi connectivity index (χ3n) is 1.66. The number of hydrogen-bond donors (Lipinski definition) is 0. The van der Waals surface area contributed by atoms with E-state index >= 15 is 0 Å². The van der Waals surface area contributed by atoms with Crippen LogP contribution in [-0.4, -0.2) is 5.71 Å². The molecule has 0 saturated carbocycles. The number of nitrogens with zero attached hydrogens (tertiary/aromatic N) is 2. The first kappa shape index (κ1) is 9.47. The van der Waals surface area contributed by atoms with Gasteiger partial charge in [-0.25, -0.2) is 0 Å². The molecule has 1 aromatic carbocycles. The lowest BCUT2D eigenvalue weighted by Gasteiger charge is -1.97. The van der Waals surface area contributed by atoms with Crippen molar-refractivity contribution in [1.82, 2.24) is 0 Å². The van der Waals surface area contributed by atoms with Crippen LogP contribution in [0, 0.1) is 18.3 Å². The van der Waals surface area contributed by atoms with Gasteiger partial charge in [-0.05, 0) is 31.5 Å². The van der Waals surface area contributed by atoms with Gasteiger partial charge in [-0.1, -0.05) is 12.1 Å². The second-order valence-corrected chi connectivity index (χ2v) is 3.02. The van der Waals surface area contributed by atoms with Crippen molar-refractivity contribution in [3.8, 4) is 6.07 Å². The molecule has 66 valence electrons. The molecule has 0 spiro atoms. The number of aliphatic imine (C=N–C) groups is 1. The van der Waals surface area contributed by atoms with E-state index in [1.165, 1.54) is 5.56 Å². The Hall–Kier alpha value is -1.62. The fraction of sp³-hybridized carbons (Fsp3) is 0.273. The van der Waals surface area contributed by atoms with Crippen LogP contribution in [0.1, 0.15) is 18.9 Å². The lowest BCUT2D eigenvalue weighted by molar-refractivity contribution is 1.34. The van der Waals surface area contributed by atoms with Crippen molar-refractivity contribution in [3.05, 3.63) is 29.8 Å². The molecule has 2 nitrogen and oxygen atoms in total. The van der Waals surface area contributed by atoms with Gasteiger partial charge in [0.15, 0.2) is 0 Å². The quantitative estimate of drug-likeness (QED) is 0.631. The van der Waals surface area contributed by atoms with E-state index in [0.717, 1.165) is 11.4 Å². The van der Waals surface area contributed by atoms with Crippen LogP contribution in [-0.2, 0) is 0 Å². The Balaban J connectivity index is 2.86. The number of hydrogen-bond acceptors (Lipinski definition) is 2. The molecule has 0 saturated heterocycles. The van der Waals surface area contributed by atoms with Gasteiger partial charge in [-0.2, -0.15) is 5.26 Å². The first-order valence-electron chi connectivity index (χ1n) is 4.20. The Kier molecular flexibility index (Phi) is 3.22. The number of benzene rings is 1. The topological polar surface area (TPSA) is 36.1 Å². The fourth-order valence-corrected chi connectivity index (χ4v) is 1.07. The highest BCUT2D eigenvalue weighted by molar-refractivity contribution is 5.86. The standard InChI is InChI=1S/C11H12N2/c1-9-4-3-5-11(8-9)13-10(2)6-7-12/h3-5,8H,6H2,1-2H3. The van der Waals surface area contributed by atoms with Crippen molar-refractivity contribution < 1.29 is 0 Å². The molecule has 0 atom stereocenters. The zero-order chi connectivity index (χ0) is 9.68. The molecule has 0 aromatic heterocycles. The molecular formula is C11H12N2. The molecule has 0 aliphatic carbocycles. The molecule has 0 unspecified atom stereocenters. The largest absolute Gasteiger partial charge is 0.257 e. The maximum absolute atomic E-state index is 8.44. The van der Waals surface area contributed by atoms with Gasteiger partial charge in [-0.3, -0.25) is 4.99 Å². The third-order valence-corrected chi connectivity index (χ3v) is 1.66. The average Bonchev–Trinajstić information content (AvgIpc) is 2.04. The monoisotopic (exact) mass is 172 g/mol. The zero-order valence-corrected chi connectivity index (χ0v) is 7.91. The normalized spacial score (nSPS) is 11.0. The summed E-state index contributed by atoms with van der Waals surface area (Å²) in [6.07, 6.45) is 0.397. The van der Waals surface area contributed by atoms with Crippen LogP contribution in [0.2, 0.25) is 0 Å². The SMILES string of the molecule is CC(CC#N)=Nc1cccc(C)c1. The van der Waals surface area contributed by atoms with Gasteiger partial charge in [0.1, 0.15) is 0 Å². The molecule has 0 bridgehead atoms. The molecule has 13 heavy (non-hydrogen) atoms. The molecular weight excluding hydrogens is 160 g/mol. The average molecular weight is 172 g/mol. The van der Waals surface area contributed by atoms with E-state index in [1.807, 2.05) is 38.1 Å². The predicted molar refractivity (Wildman–Crippen MR) is 54.2 cm³/mol. The molecule has 0 heterocycles. The lowest BCUT2D eigenvalue weighted by atomic mass is 10.2. The first-order chi connectivity index (χ1) is 6.22. The molecule has 0 N–H and O–H groups in total. The first-order valence-corrected chi connectivity index (χ1v) is 4.20. The van der Waals surface area contributed by atoms with Gasteiger partial charge in [0, 0.05) is 5.71 Å². The van der Waals surface area contributed by atoms with E-state index in [-0.39, 0.29) is 0 Å². The predicted octanol–water partition coefficient (Wildman–Crippen LogP) is 3.00. The van der Waals surface area contributed by atoms with Gasteiger partial charge in [0.2, 0.25) is 0 Å². The van der Waals surface area contributed by atoms with Crippen LogP contribution < -0.4 is 0 Å².